The number of anilines is 1. The lowest BCUT2D eigenvalue weighted by molar-refractivity contribution is -0.140. The van der Waals surface area contributed by atoms with E-state index in [2.05, 4.69) is 15.8 Å². The Morgan fingerprint density at radius 2 is 2.00 bits per heavy atom. The van der Waals surface area contributed by atoms with Gasteiger partial charge in [0.25, 0.3) is 5.91 Å². The second kappa shape index (κ2) is 6.66. The monoisotopic (exact) mass is 396 g/mol. The van der Waals surface area contributed by atoms with Crippen LogP contribution in [0.3, 0.4) is 0 Å². The molecule has 1 aromatic carbocycles. The lowest BCUT2D eigenvalue weighted by atomic mass is 9.87. The maximum absolute atomic E-state index is 13.3. The third-order valence-electron chi connectivity index (χ3n) is 4.24. The molecule has 28 heavy (non-hydrogen) atoms. The highest BCUT2D eigenvalue weighted by molar-refractivity contribution is 6.10. The number of nitrogens with one attached hydrogen (secondary N) is 2. The van der Waals surface area contributed by atoms with Gasteiger partial charge in [-0.1, -0.05) is 23.4 Å². The Kier molecular flexibility index (Phi) is 4.61. The Labute approximate surface area is 156 Å². The summed E-state index contributed by atoms with van der Waals surface area (Å²) in [7, 11) is 0. The Morgan fingerprint density at radius 1 is 1.32 bits per heavy atom. The number of hydrogen-bond acceptors (Lipinski definition) is 5. The molecule has 0 aliphatic carbocycles. The van der Waals surface area contributed by atoms with E-state index in [1.54, 1.807) is 6.92 Å². The van der Waals surface area contributed by atoms with Crippen LogP contribution in [-0.2, 0) is 21.3 Å². The van der Waals surface area contributed by atoms with E-state index in [4.69, 9.17) is 4.52 Å². The van der Waals surface area contributed by atoms with Crippen molar-refractivity contribution in [1.82, 2.24) is 15.4 Å². The van der Waals surface area contributed by atoms with Gasteiger partial charge in [-0.2, -0.15) is 13.2 Å². The predicted octanol–water partition coefficient (Wildman–Crippen LogP) is 2.41. The Balaban J connectivity index is 1.84. The highest BCUT2D eigenvalue weighted by Gasteiger charge is 2.52. The van der Waals surface area contributed by atoms with Crippen LogP contribution in [-0.4, -0.2) is 34.4 Å². The fourth-order valence-corrected chi connectivity index (χ4v) is 2.94. The van der Waals surface area contributed by atoms with Gasteiger partial charge in [0.15, 0.2) is 5.82 Å². The molecule has 11 heteroatoms. The molecule has 2 heterocycles. The van der Waals surface area contributed by atoms with Crippen molar-refractivity contribution in [2.24, 2.45) is 0 Å². The van der Waals surface area contributed by atoms with Crippen molar-refractivity contribution in [1.29, 1.82) is 0 Å². The summed E-state index contributed by atoms with van der Waals surface area (Å²) >= 11 is 0. The van der Waals surface area contributed by atoms with E-state index in [9.17, 15) is 27.6 Å². The average Bonchev–Trinajstić information content (AvgIpc) is 3.11. The van der Waals surface area contributed by atoms with Crippen molar-refractivity contribution >= 4 is 23.7 Å². The molecular formula is C17H15F3N4O4. The standard InChI is InChI=1S/C17H15F3N4O4/c1-9-7-12(23-28-9)21-13(25)8-24-14(26)16(2,22-15(24)27)10-5-3-4-6-11(10)17(18,19)20/h3-7H,8H2,1-2H3,(H,22,27)(H,21,23,25). The van der Waals surface area contributed by atoms with Crippen molar-refractivity contribution in [3.05, 3.63) is 47.2 Å². The molecule has 1 aliphatic heterocycles. The van der Waals surface area contributed by atoms with Crippen LogP contribution >= 0.6 is 0 Å². The third kappa shape index (κ3) is 3.42. The van der Waals surface area contributed by atoms with Gasteiger partial charge >= 0.3 is 12.2 Å². The van der Waals surface area contributed by atoms with Crippen LogP contribution in [0.1, 0.15) is 23.8 Å². The lowest BCUT2D eigenvalue weighted by Crippen LogP contribution is -2.43. The van der Waals surface area contributed by atoms with Gasteiger partial charge in [0.05, 0.1) is 5.56 Å². The molecule has 1 fully saturated rings. The average molecular weight is 396 g/mol. The number of aromatic nitrogens is 1. The molecule has 148 valence electrons. The van der Waals surface area contributed by atoms with Gasteiger partial charge in [-0.3, -0.25) is 14.5 Å². The second-order valence-corrected chi connectivity index (χ2v) is 6.36. The molecule has 4 amide bonds. The number of urea groups is 1. The first-order valence-corrected chi connectivity index (χ1v) is 8.06. The quantitative estimate of drug-likeness (QED) is 0.773. The van der Waals surface area contributed by atoms with Crippen molar-refractivity contribution in [3.8, 4) is 0 Å². The minimum Gasteiger partial charge on any atom is -0.360 e. The SMILES string of the molecule is Cc1cc(NC(=O)CN2C(=O)NC(C)(c3ccccc3C(F)(F)F)C2=O)no1. The summed E-state index contributed by atoms with van der Waals surface area (Å²) in [5.74, 6) is -1.22. The zero-order valence-electron chi connectivity index (χ0n) is 14.8. The van der Waals surface area contributed by atoms with Gasteiger partial charge in [-0.05, 0) is 25.5 Å². The Hall–Kier alpha value is -3.37. The fraction of sp³-hybridized carbons (Fsp3) is 0.294. The van der Waals surface area contributed by atoms with Crippen molar-refractivity contribution in [2.75, 3.05) is 11.9 Å². The Bertz CT molecular complexity index is 956. The molecule has 3 rings (SSSR count). The van der Waals surface area contributed by atoms with E-state index in [0.717, 1.165) is 19.1 Å². The largest absolute Gasteiger partial charge is 0.416 e. The molecule has 1 aromatic heterocycles. The highest BCUT2D eigenvalue weighted by atomic mass is 19.4. The van der Waals surface area contributed by atoms with E-state index in [-0.39, 0.29) is 5.82 Å². The van der Waals surface area contributed by atoms with Crippen LogP contribution in [0, 0.1) is 6.92 Å². The van der Waals surface area contributed by atoms with Crippen LogP contribution in [0.2, 0.25) is 0 Å². The van der Waals surface area contributed by atoms with E-state index in [0.29, 0.717) is 10.7 Å². The zero-order chi connectivity index (χ0) is 20.7. The van der Waals surface area contributed by atoms with Gasteiger partial charge in [0, 0.05) is 6.07 Å². The van der Waals surface area contributed by atoms with Gasteiger partial charge in [0.1, 0.15) is 17.8 Å². The molecule has 1 unspecified atom stereocenters. The number of aryl methyl sites for hydroxylation is 1. The minimum atomic E-state index is -4.72. The molecule has 1 atom stereocenters. The summed E-state index contributed by atoms with van der Waals surface area (Å²) in [5, 5.41) is 8.14. The van der Waals surface area contributed by atoms with Crippen LogP contribution in [0.15, 0.2) is 34.9 Å². The number of carbonyl (C=O) groups excluding carboxylic acids is 3. The second-order valence-electron chi connectivity index (χ2n) is 6.36. The summed E-state index contributed by atoms with van der Waals surface area (Å²) in [6.07, 6.45) is -4.72. The molecule has 0 saturated carbocycles. The maximum Gasteiger partial charge on any atom is 0.416 e. The number of rotatable bonds is 4. The molecule has 1 aliphatic rings. The molecule has 8 nitrogen and oxygen atoms in total. The van der Waals surface area contributed by atoms with Crippen LogP contribution in [0.25, 0.3) is 0 Å². The van der Waals surface area contributed by atoms with E-state index in [1.807, 2.05) is 0 Å². The number of hydrogen-bond donors (Lipinski definition) is 2. The molecule has 0 radical (unpaired) electrons. The topological polar surface area (TPSA) is 105 Å². The van der Waals surface area contributed by atoms with Crippen LogP contribution in [0.4, 0.5) is 23.8 Å². The van der Waals surface area contributed by atoms with E-state index >= 15 is 0 Å². The van der Waals surface area contributed by atoms with E-state index in [1.165, 1.54) is 18.2 Å². The fourth-order valence-electron chi connectivity index (χ4n) is 2.94. The van der Waals surface area contributed by atoms with Gasteiger partial charge in [-0.15, -0.1) is 0 Å². The summed E-state index contributed by atoms with van der Waals surface area (Å²) < 4.78 is 44.8. The minimum absolute atomic E-state index is 0.0831. The Morgan fingerprint density at radius 3 is 2.61 bits per heavy atom. The first-order chi connectivity index (χ1) is 13.0. The van der Waals surface area contributed by atoms with E-state index < -0.39 is 47.2 Å². The summed E-state index contributed by atoms with van der Waals surface area (Å²) in [6, 6.07) is 4.90. The van der Waals surface area contributed by atoms with Crippen molar-refractivity contribution in [3.63, 3.8) is 0 Å². The van der Waals surface area contributed by atoms with Gasteiger partial charge in [-0.25, -0.2) is 4.79 Å². The van der Waals surface area contributed by atoms with Gasteiger partial charge < -0.3 is 15.2 Å². The number of carbonyl (C=O) groups is 3. The molecule has 0 spiro atoms. The third-order valence-corrected chi connectivity index (χ3v) is 4.24. The van der Waals surface area contributed by atoms with Crippen molar-refractivity contribution in [2.45, 2.75) is 25.6 Å². The number of imide groups is 1. The lowest BCUT2D eigenvalue weighted by Gasteiger charge is -2.25. The maximum atomic E-state index is 13.3. The first-order valence-electron chi connectivity index (χ1n) is 8.06. The van der Waals surface area contributed by atoms with Crippen molar-refractivity contribution < 1.29 is 32.1 Å². The normalized spacial score (nSPS) is 19.7. The molecular weight excluding hydrogens is 381 g/mol. The summed E-state index contributed by atoms with van der Waals surface area (Å²) in [4.78, 5) is 37.6. The summed E-state index contributed by atoms with van der Waals surface area (Å²) in [5.41, 5.74) is -3.42. The van der Waals surface area contributed by atoms with Gasteiger partial charge in [0.2, 0.25) is 5.91 Å². The highest BCUT2D eigenvalue weighted by Crippen LogP contribution is 2.39. The molecule has 2 N–H and O–H groups in total. The number of benzene rings is 1. The summed E-state index contributed by atoms with van der Waals surface area (Å²) in [6.45, 7) is 2.07. The molecule has 0 bridgehead atoms. The number of halogens is 3. The number of alkyl halides is 3. The smallest absolute Gasteiger partial charge is 0.360 e. The number of nitrogens with zero attached hydrogens (tertiary/aromatic N) is 2. The molecule has 1 saturated heterocycles. The number of amides is 4. The van der Waals surface area contributed by atoms with Crippen LogP contribution < -0.4 is 10.6 Å². The van der Waals surface area contributed by atoms with Crippen LogP contribution in [0.5, 0.6) is 0 Å². The first kappa shape index (κ1) is 19.4. The zero-order valence-corrected chi connectivity index (χ0v) is 14.8. The molecule has 2 aromatic rings. The predicted molar refractivity (Wildman–Crippen MR) is 88.9 cm³/mol.